The van der Waals surface area contributed by atoms with Crippen LogP contribution in [0, 0.1) is 0 Å². The number of alkyl halides is 3. The summed E-state index contributed by atoms with van der Waals surface area (Å²) in [4.78, 5) is 0. The summed E-state index contributed by atoms with van der Waals surface area (Å²) in [5, 5.41) is 2.52. The molecule has 1 N–H and O–H groups in total. The third kappa shape index (κ3) is 4.14. The summed E-state index contributed by atoms with van der Waals surface area (Å²) < 4.78 is 45.5. The lowest BCUT2D eigenvalue weighted by atomic mass is 10.1. The van der Waals surface area contributed by atoms with Crippen molar-refractivity contribution in [3.8, 4) is 5.75 Å². The Morgan fingerprint density at radius 2 is 1.76 bits per heavy atom. The predicted molar refractivity (Wildman–Crippen MR) is 79.6 cm³/mol. The fourth-order valence-corrected chi connectivity index (χ4v) is 2.40. The number of ether oxygens (including phenoxy) is 1. The van der Waals surface area contributed by atoms with Gasteiger partial charge in [0.05, 0.1) is 7.11 Å². The van der Waals surface area contributed by atoms with Crippen LogP contribution in [-0.2, 0) is 0 Å². The van der Waals surface area contributed by atoms with Crippen LogP contribution < -0.4 is 10.1 Å². The van der Waals surface area contributed by atoms with E-state index in [9.17, 15) is 13.2 Å². The smallest absolute Gasteiger partial charge is 0.412 e. The highest BCUT2D eigenvalue weighted by atomic mass is 79.9. The Balaban J connectivity index is 2.34. The van der Waals surface area contributed by atoms with Crippen molar-refractivity contribution in [1.29, 1.82) is 0 Å². The van der Waals surface area contributed by atoms with Gasteiger partial charge in [0.15, 0.2) is 0 Å². The van der Waals surface area contributed by atoms with Crippen molar-refractivity contribution in [3.05, 3.63) is 58.6 Å². The molecule has 0 aliphatic heterocycles. The number of hydrogen-bond donors (Lipinski definition) is 1. The van der Waals surface area contributed by atoms with Gasteiger partial charge in [0.25, 0.3) is 0 Å². The van der Waals surface area contributed by atoms with Gasteiger partial charge in [-0.3, -0.25) is 0 Å². The molecular formula is C15H13BrF3NO. The topological polar surface area (TPSA) is 21.3 Å². The van der Waals surface area contributed by atoms with Gasteiger partial charge in [0.1, 0.15) is 11.8 Å². The highest BCUT2D eigenvalue weighted by Crippen LogP contribution is 2.36. The minimum absolute atomic E-state index is 0.156. The van der Waals surface area contributed by atoms with Crippen molar-refractivity contribution in [2.45, 2.75) is 12.2 Å². The number of hydrogen-bond acceptors (Lipinski definition) is 2. The molecule has 2 rings (SSSR count). The van der Waals surface area contributed by atoms with Crippen LogP contribution in [0.15, 0.2) is 53.0 Å². The van der Waals surface area contributed by atoms with Crippen LogP contribution in [-0.4, -0.2) is 13.3 Å². The molecule has 0 fully saturated rings. The molecule has 0 spiro atoms. The number of halogens is 4. The van der Waals surface area contributed by atoms with Gasteiger partial charge in [-0.15, -0.1) is 0 Å². The summed E-state index contributed by atoms with van der Waals surface area (Å²) in [5.41, 5.74) is 0.483. The molecule has 6 heteroatoms. The molecular weight excluding hydrogens is 347 g/mol. The third-order valence-corrected chi connectivity index (χ3v) is 3.34. The van der Waals surface area contributed by atoms with Crippen LogP contribution in [0.5, 0.6) is 5.75 Å². The van der Waals surface area contributed by atoms with Crippen LogP contribution in [0.25, 0.3) is 0 Å². The van der Waals surface area contributed by atoms with E-state index < -0.39 is 12.2 Å². The normalized spacial score (nSPS) is 12.8. The first kappa shape index (κ1) is 15.7. The number of benzene rings is 2. The van der Waals surface area contributed by atoms with Gasteiger partial charge in [0.2, 0.25) is 0 Å². The van der Waals surface area contributed by atoms with E-state index in [1.807, 2.05) is 0 Å². The molecule has 1 atom stereocenters. The fourth-order valence-electron chi connectivity index (χ4n) is 1.93. The van der Waals surface area contributed by atoms with Crippen molar-refractivity contribution in [2.75, 3.05) is 12.4 Å². The molecule has 0 bridgehead atoms. The summed E-state index contributed by atoms with van der Waals surface area (Å²) in [6.07, 6.45) is -4.41. The van der Waals surface area contributed by atoms with E-state index >= 15 is 0 Å². The molecule has 0 heterocycles. The highest BCUT2D eigenvalue weighted by molar-refractivity contribution is 9.10. The average Bonchev–Trinajstić information content (AvgIpc) is 2.44. The molecule has 2 aromatic carbocycles. The molecule has 0 saturated heterocycles. The molecule has 0 radical (unpaired) electrons. The molecule has 2 nitrogen and oxygen atoms in total. The Labute approximate surface area is 129 Å². The second-order valence-electron chi connectivity index (χ2n) is 4.41. The van der Waals surface area contributed by atoms with Gasteiger partial charge < -0.3 is 10.1 Å². The van der Waals surface area contributed by atoms with E-state index in [0.717, 1.165) is 0 Å². The van der Waals surface area contributed by atoms with Crippen molar-refractivity contribution in [3.63, 3.8) is 0 Å². The minimum atomic E-state index is -4.41. The molecule has 0 saturated carbocycles. The molecule has 21 heavy (non-hydrogen) atoms. The Hall–Kier alpha value is -1.69. The summed E-state index contributed by atoms with van der Waals surface area (Å²) >= 11 is 3.25. The molecule has 112 valence electrons. The van der Waals surface area contributed by atoms with Gasteiger partial charge in [-0.2, -0.15) is 13.2 Å². The van der Waals surface area contributed by atoms with Crippen LogP contribution in [0.1, 0.15) is 11.6 Å². The maximum Gasteiger partial charge on any atom is 0.412 e. The van der Waals surface area contributed by atoms with Gasteiger partial charge >= 0.3 is 6.18 Å². The maximum atomic E-state index is 13.3. The quantitative estimate of drug-likeness (QED) is 0.812. The largest absolute Gasteiger partial charge is 0.497 e. The first-order chi connectivity index (χ1) is 9.90. The molecule has 2 aromatic rings. The second-order valence-corrected chi connectivity index (χ2v) is 5.33. The van der Waals surface area contributed by atoms with E-state index in [-0.39, 0.29) is 5.56 Å². The van der Waals surface area contributed by atoms with Gasteiger partial charge in [0, 0.05) is 16.2 Å². The van der Waals surface area contributed by atoms with E-state index in [1.54, 1.807) is 30.3 Å². The lowest BCUT2D eigenvalue weighted by molar-refractivity contribution is -0.144. The number of nitrogens with one attached hydrogen (secondary N) is 1. The summed E-state index contributed by atoms with van der Waals surface area (Å²) in [5.74, 6) is 0.473. The fraction of sp³-hybridized carbons (Fsp3) is 0.200. The Kier molecular flexibility index (Phi) is 4.77. The SMILES string of the molecule is COc1cc(Br)cc(NC(c2ccccc2)C(F)(F)F)c1. The van der Waals surface area contributed by atoms with Gasteiger partial charge in [-0.05, 0) is 17.7 Å². The Morgan fingerprint density at radius 1 is 1.10 bits per heavy atom. The Bertz CT molecular complexity index is 602. The van der Waals surface area contributed by atoms with E-state index in [1.165, 1.54) is 25.3 Å². The van der Waals surface area contributed by atoms with Gasteiger partial charge in [-0.25, -0.2) is 0 Å². The predicted octanol–water partition coefficient (Wildman–Crippen LogP) is 5.17. The van der Waals surface area contributed by atoms with Crippen LogP contribution in [0.4, 0.5) is 18.9 Å². The molecule has 0 aromatic heterocycles. The van der Waals surface area contributed by atoms with Crippen molar-refractivity contribution >= 4 is 21.6 Å². The van der Waals surface area contributed by atoms with Crippen LogP contribution in [0.3, 0.4) is 0 Å². The lowest BCUT2D eigenvalue weighted by Crippen LogP contribution is -2.27. The molecule has 0 aliphatic rings. The Morgan fingerprint density at radius 3 is 2.33 bits per heavy atom. The standard InChI is InChI=1S/C15H13BrF3NO/c1-21-13-8-11(16)7-12(9-13)20-14(15(17,18)19)10-5-3-2-4-6-10/h2-9,14,20H,1H3. The second kappa shape index (κ2) is 6.39. The first-order valence-electron chi connectivity index (χ1n) is 6.13. The summed E-state index contributed by atoms with van der Waals surface area (Å²) in [6, 6.07) is 10.7. The van der Waals surface area contributed by atoms with Crippen LogP contribution in [0.2, 0.25) is 0 Å². The van der Waals surface area contributed by atoms with Gasteiger partial charge in [-0.1, -0.05) is 46.3 Å². The third-order valence-electron chi connectivity index (χ3n) is 2.88. The molecule has 0 aliphatic carbocycles. The van der Waals surface area contributed by atoms with Crippen molar-refractivity contribution in [1.82, 2.24) is 0 Å². The summed E-state index contributed by atoms with van der Waals surface area (Å²) in [7, 11) is 1.46. The molecule has 0 amide bonds. The van der Waals surface area contributed by atoms with E-state index in [0.29, 0.717) is 15.9 Å². The van der Waals surface area contributed by atoms with Crippen molar-refractivity contribution in [2.24, 2.45) is 0 Å². The van der Waals surface area contributed by atoms with Crippen molar-refractivity contribution < 1.29 is 17.9 Å². The lowest BCUT2D eigenvalue weighted by Gasteiger charge is -2.23. The number of anilines is 1. The zero-order chi connectivity index (χ0) is 15.5. The zero-order valence-corrected chi connectivity index (χ0v) is 12.7. The number of methoxy groups -OCH3 is 1. The average molecular weight is 360 g/mol. The number of rotatable bonds is 4. The minimum Gasteiger partial charge on any atom is -0.497 e. The maximum absolute atomic E-state index is 13.3. The molecule has 1 unspecified atom stereocenters. The zero-order valence-electron chi connectivity index (χ0n) is 11.1. The van der Waals surface area contributed by atoms with E-state index in [4.69, 9.17) is 4.74 Å². The van der Waals surface area contributed by atoms with Crippen LogP contribution >= 0.6 is 15.9 Å². The van der Waals surface area contributed by atoms with E-state index in [2.05, 4.69) is 21.2 Å². The monoisotopic (exact) mass is 359 g/mol. The summed E-state index contributed by atoms with van der Waals surface area (Å²) in [6.45, 7) is 0. The first-order valence-corrected chi connectivity index (χ1v) is 6.92. The highest BCUT2D eigenvalue weighted by Gasteiger charge is 2.40.